The Labute approximate surface area is 83.3 Å². The van der Waals surface area contributed by atoms with Crippen LogP contribution >= 0.6 is 0 Å². The van der Waals surface area contributed by atoms with E-state index in [1.165, 1.54) is 0 Å². The van der Waals surface area contributed by atoms with Gasteiger partial charge in [0, 0.05) is 5.69 Å². The molecule has 1 saturated carbocycles. The highest BCUT2D eigenvalue weighted by Crippen LogP contribution is 2.30. The molecule has 74 valence electrons. The standard InChI is InChI=1S/C11H14N2O/c12-11(7-4-8-11)10(14)13-9-5-2-1-3-6-9/h1-3,5-6H,4,7-8,12H2,(H,13,14). The number of hydrogen-bond acceptors (Lipinski definition) is 2. The van der Waals surface area contributed by atoms with E-state index in [0.717, 1.165) is 24.9 Å². The van der Waals surface area contributed by atoms with Gasteiger partial charge in [0.2, 0.25) is 5.91 Å². The number of carbonyl (C=O) groups excluding carboxylic acids is 1. The Morgan fingerprint density at radius 1 is 1.29 bits per heavy atom. The minimum Gasteiger partial charge on any atom is -0.324 e. The molecule has 1 aliphatic rings. The minimum atomic E-state index is -0.615. The van der Waals surface area contributed by atoms with Gasteiger partial charge >= 0.3 is 0 Å². The number of hydrogen-bond donors (Lipinski definition) is 2. The summed E-state index contributed by atoms with van der Waals surface area (Å²) in [6.07, 6.45) is 2.65. The molecule has 3 N–H and O–H groups in total. The Balaban J connectivity index is 2.02. The van der Waals surface area contributed by atoms with E-state index < -0.39 is 5.54 Å². The van der Waals surface area contributed by atoms with Crippen molar-refractivity contribution < 1.29 is 4.79 Å². The molecule has 0 atom stereocenters. The lowest BCUT2D eigenvalue weighted by atomic mass is 9.77. The molecule has 2 rings (SSSR count). The highest BCUT2D eigenvalue weighted by Gasteiger charge is 2.39. The van der Waals surface area contributed by atoms with Crippen LogP contribution in [-0.2, 0) is 4.79 Å². The van der Waals surface area contributed by atoms with Gasteiger partial charge in [-0.1, -0.05) is 18.2 Å². The fourth-order valence-corrected chi connectivity index (χ4v) is 1.56. The molecule has 0 radical (unpaired) electrons. The van der Waals surface area contributed by atoms with Crippen LogP contribution in [0.4, 0.5) is 5.69 Å². The second kappa shape index (κ2) is 3.42. The van der Waals surface area contributed by atoms with Crippen molar-refractivity contribution in [3.05, 3.63) is 30.3 Å². The maximum absolute atomic E-state index is 11.7. The molecule has 14 heavy (non-hydrogen) atoms. The molecule has 0 aliphatic heterocycles. The zero-order chi connectivity index (χ0) is 10.0. The van der Waals surface area contributed by atoms with Crippen molar-refractivity contribution in [2.75, 3.05) is 5.32 Å². The maximum Gasteiger partial charge on any atom is 0.244 e. The van der Waals surface area contributed by atoms with Gasteiger partial charge in [0.1, 0.15) is 0 Å². The molecule has 1 aromatic carbocycles. The third-order valence-corrected chi connectivity index (χ3v) is 2.73. The molecule has 0 heterocycles. The van der Waals surface area contributed by atoms with Gasteiger partial charge in [0.25, 0.3) is 0 Å². The molecular formula is C11H14N2O. The lowest BCUT2D eigenvalue weighted by molar-refractivity contribution is -0.123. The predicted octanol–water partition coefficient (Wildman–Crippen LogP) is 1.51. The molecule has 0 unspecified atom stereocenters. The largest absolute Gasteiger partial charge is 0.324 e. The summed E-state index contributed by atoms with van der Waals surface area (Å²) in [6, 6.07) is 9.41. The molecule has 3 nitrogen and oxygen atoms in total. The summed E-state index contributed by atoms with van der Waals surface area (Å²) >= 11 is 0. The fraction of sp³-hybridized carbons (Fsp3) is 0.364. The smallest absolute Gasteiger partial charge is 0.244 e. The van der Waals surface area contributed by atoms with E-state index in [1.54, 1.807) is 0 Å². The molecule has 1 aliphatic carbocycles. The third-order valence-electron chi connectivity index (χ3n) is 2.73. The summed E-state index contributed by atoms with van der Waals surface area (Å²) in [5.41, 5.74) is 6.08. The van der Waals surface area contributed by atoms with Gasteiger partial charge in [-0.15, -0.1) is 0 Å². The van der Waals surface area contributed by atoms with Crippen LogP contribution in [-0.4, -0.2) is 11.4 Å². The van der Waals surface area contributed by atoms with Gasteiger partial charge in [0.15, 0.2) is 0 Å². The average molecular weight is 190 g/mol. The summed E-state index contributed by atoms with van der Waals surface area (Å²) in [7, 11) is 0. The van der Waals surface area contributed by atoms with Gasteiger partial charge in [-0.3, -0.25) is 4.79 Å². The first-order chi connectivity index (χ1) is 6.71. The number of nitrogens with one attached hydrogen (secondary N) is 1. The normalized spacial score (nSPS) is 18.4. The third kappa shape index (κ3) is 1.63. The molecule has 1 amide bonds. The van der Waals surface area contributed by atoms with E-state index in [0.29, 0.717) is 0 Å². The molecule has 0 bridgehead atoms. The highest BCUT2D eigenvalue weighted by molar-refractivity contribution is 5.98. The van der Waals surface area contributed by atoms with Crippen molar-refractivity contribution in [2.24, 2.45) is 5.73 Å². The van der Waals surface area contributed by atoms with Crippen LogP contribution < -0.4 is 11.1 Å². The maximum atomic E-state index is 11.7. The number of amides is 1. The molecule has 0 spiro atoms. The summed E-state index contributed by atoms with van der Waals surface area (Å²) in [6.45, 7) is 0. The molecule has 1 fully saturated rings. The van der Waals surface area contributed by atoms with Crippen LogP contribution in [0.1, 0.15) is 19.3 Å². The lowest BCUT2D eigenvalue weighted by Gasteiger charge is -2.36. The number of rotatable bonds is 2. The van der Waals surface area contributed by atoms with Crippen LogP contribution in [0.5, 0.6) is 0 Å². The zero-order valence-electron chi connectivity index (χ0n) is 7.99. The van der Waals surface area contributed by atoms with Crippen molar-refractivity contribution in [2.45, 2.75) is 24.8 Å². The minimum absolute atomic E-state index is 0.0602. The Hall–Kier alpha value is -1.35. The van der Waals surface area contributed by atoms with Crippen molar-refractivity contribution in [1.82, 2.24) is 0 Å². The predicted molar refractivity (Wildman–Crippen MR) is 55.8 cm³/mol. The summed E-state index contributed by atoms with van der Waals surface area (Å²) in [5.74, 6) is -0.0602. The van der Waals surface area contributed by atoms with Gasteiger partial charge in [0.05, 0.1) is 5.54 Å². The molecule has 3 heteroatoms. The molecular weight excluding hydrogens is 176 g/mol. The van der Waals surface area contributed by atoms with E-state index >= 15 is 0 Å². The monoisotopic (exact) mass is 190 g/mol. The first-order valence-corrected chi connectivity index (χ1v) is 4.86. The topological polar surface area (TPSA) is 55.1 Å². The molecule has 0 aromatic heterocycles. The number of nitrogens with two attached hydrogens (primary N) is 1. The first-order valence-electron chi connectivity index (χ1n) is 4.86. The van der Waals surface area contributed by atoms with Crippen LogP contribution in [0.3, 0.4) is 0 Å². The lowest BCUT2D eigenvalue weighted by Crippen LogP contribution is -2.56. The Morgan fingerprint density at radius 3 is 2.43 bits per heavy atom. The molecule has 0 saturated heterocycles. The summed E-state index contributed by atoms with van der Waals surface area (Å²) < 4.78 is 0. The van der Waals surface area contributed by atoms with E-state index in [4.69, 9.17) is 5.73 Å². The van der Waals surface area contributed by atoms with Crippen LogP contribution in [0.25, 0.3) is 0 Å². The first kappa shape index (κ1) is 9.21. The van der Waals surface area contributed by atoms with E-state index in [1.807, 2.05) is 30.3 Å². The van der Waals surface area contributed by atoms with Gasteiger partial charge in [-0.2, -0.15) is 0 Å². The van der Waals surface area contributed by atoms with Crippen LogP contribution in [0.2, 0.25) is 0 Å². The van der Waals surface area contributed by atoms with Crippen molar-refractivity contribution in [1.29, 1.82) is 0 Å². The van der Waals surface area contributed by atoms with E-state index in [9.17, 15) is 4.79 Å². The number of anilines is 1. The zero-order valence-corrected chi connectivity index (χ0v) is 7.99. The van der Waals surface area contributed by atoms with E-state index in [-0.39, 0.29) is 5.91 Å². The summed E-state index contributed by atoms with van der Waals surface area (Å²) in [4.78, 5) is 11.7. The number of para-hydroxylation sites is 1. The average Bonchev–Trinajstić information content (AvgIpc) is 2.15. The highest BCUT2D eigenvalue weighted by atomic mass is 16.2. The Morgan fingerprint density at radius 2 is 1.93 bits per heavy atom. The van der Waals surface area contributed by atoms with Crippen LogP contribution in [0, 0.1) is 0 Å². The SMILES string of the molecule is NC1(C(=O)Nc2ccccc2)CCC1. The van der Waals surface area contributed by atoms with Crippen molar-refractivity contribution >= 4 is 11.6 Å². The van der Waals surface area contributed by atoms with Crippen LogP contribution in [0.15, 0.2) is 30.3 Å². The fourth-order valence-electron chi connectivity index (χ4n) is 1.56. The van der Waals surface area contributed by atoms with Gasteiger partial charge in [-0.05, 0) is 31.4 Å². The summed E-state index contributed by atoms with van der Waals surface area (Å²) in [5, 5.41) is 2.82. The number of carbonyl (C=O) groups is 1. The molecule has 1 aromatic rings. The van der Waals surface area contributed by atoms with E-state index in [2.05, 4.69) is 5.32 Å². The quantitative estimate of drug-likeness (QED) is 0.742. The van der Waals surface area contributed by atoms with Gasteiger partial charge in [-0.25, -0.2) is 0 Å². The second-order valence-electron chi connectivity index (χ2n) is 3.83. The number of benzene rings is 1. The van der Waals surface area contributed by atoms with Crippen molar-refractivity contribution in [3.63, 3.8) is 0 Å². The Bertz CT molecular complexity index is 330. The van der Waals surface area contributed by atoms with Crippen molar-refractivity contribution in [3.8, 4) is 0 Å². The van der Waals surface area contributed by atoms with Gasteiger partial charge < -0.3 is 11.1 Å². The second-order valence-corrected chi connectivity index (χ2v) is 3.83. The Kier molecular flexibility index (Phi) is 2.25.